The van der Waals surface area contributed by atoms with Crippen molar-refractivity contribution < 1.29 is 8.78 Å². The molecule has 0 aliphatic rings. The molecule has 18 heavy (non-hydrogen) atoms. The van der Waals surface area contributed by atoms with Gasteiger partial charge in [0.2, 0.25) is 0 Å². The SMILES string of the molecule is Cc1ccc(-c2ccc(N=C=S)c(F)c2)c(F)c1. The van der Waals surface area contributed by atoms with E-state index in [1.807, 2.05) is 0 Å². The largest absolute Gasteiger partial charge is 0.206 e. The maximum absolute atomic E-state index is 13.7. The fourth-order valence-corrected chi connectivity index (χ4v) is 1.77. The summed E-state index contributed by atoms with van der Waals surface area (Å²) in [5.41, 5.74) is 1.74. The zero-order valence-electron chi connectivity index (χ0n) is 9.58. The Morgan fingerprint density at radius 2 is 1.83 bits per heavy atom. The van der Waals surface area contributed by atoms with E-state index in [1.54, 1.807) is 25.1 Å². The first kappa shape index (κ1) is 12.6. The fraction of sp³-hybridized carbons (Fsp3) is 0.0714. The molecule has 0 bridgehead atoms. The van der Waals surface area contributed by atoms with Crippen LogP contribution in [0.15, 0.2) is 41.4 Å². The van der Waals surface area contributed by atoms with Gasteiger partial charge in [-0.2, -0.15) is 4.99 Å². The number of aliphatic imine (C=N–C) groups is 1. The third kappa shape index (κ3) is 2.50. The third-order valence-electron chi connectivity index (χ3n) is 2.55. The number of nitrogens with zero attached hydrogens (tertiary/aromatic N) is 1. The maximum Gasteiger partial charge on any atom is 0.150 e. The minimum Gasteiger partial charge on any atom is -0.206 e. The van der Waals surface area contributed by atoms with Gasteiger partial charge in [0, 0.05) is 5.56 Å². The molecule has 0 unspecified atom stereocenters. The van der Waals surface area contributed by atoms with Crippen molar-refractivity contribution in [3.8, 4) is 11.1 Å². The molecule has 90 valence electrons. The van der Waals surface area contributed by atoms with E-state index in [0.29, 0.717) is 11.1 Å². The third-order valence-corrected chi connectivity index (χ3v) is 2.64. The number of halogens is 2. The van der Waals surface area contributed by atoms with Gasteiger partial charge in [0.1, 0.15) is 17.3 Å². The zero-order valence-corrected chi connectivity index (χ0v) is 10.4. The van der Waals surface area contributed by atoms with Crippen molar-refractivity contribution in [2.75, 3.05) is 0 Å². The van der Waals surface area contributed by atoms with Crippen LogP contribution in [0.4, 0.5) is 14.5 Å². The molecule has 1 nitrogen and oxygen atoms in total. The van der Waals surface area contributed by atoms with Crippen LogP contribution in [0, 0.1) is 18.6 Å². The minimum atomic E-state index is -0.551. The molecule has 0 N–H and O–H groups in total. The summed E-state index contributed by atoms with van der Waals surface area (Å²) < 4.78 is 27.4. The Hall–Kier alpha value is -1.90. The van der Waals surface area contributed by atoms with E-state index in [1.165, 1.54) is 18.2 Å². The topological polar surface area (TPSA) is 12.4 Å². The fourth-order valence-electron chi connectivity index (χ4n) is 1.67. The molecule has 0 aromatic heterocycles. The lowest BCUT2D eigenvalue weighted by atomic mass is 10.0. The van der Waals surface area contributed by atoms with Gasteiger partial charge in [-0.15, -0.1) is 0 Å². The molecule has 0 amide bonds. The Morgan fingerprint density at radius 1 is 1.06 bits per heavy atom. The smallest absolute Gasteiger partial charge is 0.150 e. The summed E-state index contributed by atoms with van der Waals surface area (Å²) in [6.45, 7) is 1.80. The molecule has 2 rings (SSSR count). The van der Waals surface area contributed by atoms with Crippen molar-refractivity contribution >= 4 is 23.1 Å². The van der Waals surface area contributed by atoms with Crippen LogP contribution in [0.2, 0.25) is 0 Å². The molecule has 4 heteroatoms. The lowest BCUT2D eigenvalue weighted by molar-refractivity contribution is 0.625. The average Bonchev–Trinajstić information content (AvgIpc) is 2.32. The molecule has 2 aromatic carbocycles. The molecule has 0 spiro atoms. The number of hydrogen-bond acceptors (Lipinski definition) is 2. The molecule has 0 aliphatic heterocycles. The molecular formula is C14H9F2NS. The minimum absolute atomic E-state index is 0.0984. The van der Waals surface area contributed by atoms with E-state index < -0.39 is 5.82 Å². The number of benzene rings is 2. The molecule has 0 radical (unpaired) electrons. The summed E-state index contributed by atoms with van der Waals surface area (Å²) in [5.74, 6) is -0.926. The summed E-state index contributed by atoms with van der Waals surface area (Å²) in [7, 11) is 0. The Labute approximate surface area is 109 Å². The number of rotatable bonds is 2. The standard InChI is InChI=1S/C14H9F2NS/c1-9-2-4-11(12(15)6-9)10-3-5-14(17-8-18)13(16)7-10/h2-7H,1H3. The Balaban J connectivity index is 2.52. The highest BCUT2D eigenvalue weighted by atomic mass is 32.1. The molecule has 0 fully saturated rings. The van der Waals surface area contributed by atoms with Crippen LogP contribution in [0.5, 0.6) is 0 Å². The number of hydrogen-bond donors (Lipinski definition) is 0. The van der Waals surface area contributed by atoms with E-state index in [-0.39, 0.29) is 11.5 Å². The lowest BCUT2D eigenvalue weighted by Gasteiger charge is -2.05. The van der Waals surface area contributed by atoms with Crippen LogP contribution in [0.1, 0.15) is 5.56 Å². The van der Waals surface area contributed by atoms with E-state index in [2.05, 4.69) is 22.4 Å². The predicted molar refractivity (Wildman–Crippen MR) is 71.2 cm³/mol. The first-order valence-electron chi connectivity index (χ1n) is 5.26. The van der Waals surface area contributed by atoms with Gasteiger partial charge < -0.3 is 0 Å². The number of aryl methyl sites for hydroxylation is 1. The van der Waals surface area contributed by atoms with Gasteiger partial charge in [-0.05, 0) is 48.5 Å². The van der Waals surface area contributed by atoms with Crippen molar-refractivity contribution in [2.45, 2.75) is 6.92 Å². The zero-order chi connectivity index (χ0) is 13.1. The van der Waals surface area contributed by atoms with E-state index in [9.17, 15) is 8.78 Å². The molecular weight excluding hydrogens is 252 g/mol. The Kier molecular flexibility index (Phi) is 3.60. The molecule has 0 saturated heterocycles. The van der Waals surface area contributed by atoms with E-state index >= 15 is 0 Å². The summed E-state index contributed by atoms with van der Waals surface area (Å²) in [6.07, 6.45) is 0. The summed E-state index contributed by atoms with van der Waals surface area (Å²) >= 11 is 4.41. The van der Waals surface area contributed by atoms with Gasteiger partial charge in [-0.3, -0.25) is 0 Å². The van der Waals surface area contributed by atoms with Crippen LogP contribution in [-0.4, -0.2) is 5.16 Å². The van der Waals surface area contributed by atoms with Gasteiger partial charge in [-0.1, -0.05) is 18.2 Å². The summed E-state index contributed by atoms with van der Waals surface area (Å²) in [5, 5.41) is 2.10. The van der Waals surface area contributed by atoms with Gasteiger partial charge >= 0.3 is 0 Å². The Bertz CT molecular complexity index is 646. The van der Waals surface area contributed by atoms with Gasteiger partial charge in [0.25, 0.3) is 0 Å². The highest BCUT2D eigenvalue weighted by molar-refractivity contribution is 7.78. The van der Waals surface area contributed by atoms with Crippen LogP contribution in [0.25, 0.3) is 11.1 Å². The first-order chi connectivity index (χ1) is 8.61. The highest BCUT2D eigenvalue weighted by Gasteiger charge is 2.08. The number of isothiocyanates is 1. The first-order valence-corrected chi connectivity index (χ1v) is 5.66. The van der Waals surface area contributed by atoms with Crippen molar-refractivity contribution in [1.29, 1.82) is 0 Å². The molecule has 0 saturated carbocycles. The molecule has 2 aromatic rings. The molecule has 0 aliphatic carbocycles. The van der Waals surface area contributed by atoms with Crippen LogP contribution in [-0.2, 0) is 0 Å². The van der Waals surface area contributed by atoms with E-state index in [4.69, 9.17) is 0 Å². The highest BCUT2D eigenvalue weighted by Crippen LogP contribution is 2.27. The monoisotopic (exact) mass is 261 g/mol. The van der Waals surface area contributed by atoms with E-state index in [0.717, 1.165) is 5.56 Å². The van der Waals surface area contributed by atoms with Crippen LogP contribution >= 0.6 is 12.2 Å². The molecule has 0 heterocycles. The Morgan fingerprint density at radius 3 is 2.44 bits per heavy atom. The second-order valence-electron chi connectivity index (χ2n) is 3.85. The predicted octanol–water partition coefficient (Wildman–Crippen LogP) is 4.67. The summed E-state index contributed by atoms with van der Waals surface area (Å²) in [4.78, 5) is 3.57. The normalized spacial score (nSPS) is 9.94. The van der Waals surface area contributed by atoms with Gasteiger partial charge in [0.15, 0.2) is 0 Å². The lowest BCUT2D eigenvalue weighted by Crippen LogP contribution is -1.87. The van der Waals surface area contributed by atoms with Crippen molar-refractivity contribution in [1.82, 2.24) is 0 Å². The van der Waals surface area contributed by atoms with Crippen molar-refractivity contribution in [2.24, 2.45) is 4.99 Å². The van der Waals surface area contributed by atoms with Crippen molar-refractivity contribution in [3.05, 3.63) is 53.6 Å². The second-order valence-corrected chi connectivity index (χ2v) is 4.04. The van der Waals surface area contributed by atoms with Crippen molar-refractivity contribution in [3.63, 3.8) is 0 Å². The maximum atomic E-state index is 13.7. The van der Waals surface area contributed by atoms with Crippen LogP contribution < -0.4 is 0 Å². The van der Waals surface area contributed by atoms with Gasteiger partial charge in [-0.25, -0.2) is 8.78 Å². The van der Waals surface area contributed by atoms with Crippen LogP contribution in [0.3, 0.4) is 0 Å². The molecule has 0 atom stereocenters. The average molecular weight is 261 g/mol. The quantitative estimate of drug-likeness (QED) is 0.565. The number of thiocarbonyl (C=S) groups is 1. The summed E-state index contributed by atoms with van der Waals surface area (Å²) in [6, 6.07) is 9.10. The second kappa shape index (κ2) is 5.17. The van der Waals surface area contributed by atoms with Gasteiger partial charge in [0.05, 0.1) is 5.16 Å².